The van der Waals surface area contributed by atoms with Crippen LogP contribution in [0.1, 0.15) is 41.6 Å². The molecule has 1 atom stereocenters. The summed E-state index contributed by atoms with van der Waals surface area (Å²) in [6, 6.07) is 6.14. The Bertz CT molecular complexity index is 1510. The van der Waals surface area contributed by atoms with Gasteiger partial charge in [0.05, 0.1) is 16.2 Å². The van der Waals surface area contributed by atoms with E-state index >= 15 is 0 Å². The summed E-state index contributed by atoms with van der Waals surface area (Å²) in [7, 11) is -4.61. The Morgan fingerprint density at radius 2 is 1.90 bits per heavy atom. The second-order valence-corrected chi connectivity index (χ2v) is 20.0. The van der Waals surface area contributed by atoms with Crippen LogP contribution < -0.4 is 5.32 Å². The van der Waals surface area contributed by atoms with Crippen molar-refractivity contribution in [2.24, 2.45) is 0 Å². The summed E-state index contributed by atoms with van der Waals surface area (Å²) in [6.45, 7) is 8.37. The van der Waals surface area contributed by atoms with Crippen molar-refractivity contribution in [3.8, 4) is 0 Å². The molecule has 5 rings (SSSR count). The van der Waals surface area contributed by atoms with E-state index in [0.717, 1.165) is 12.5 Å². The largest absolute Gasteiger partial charge is 0.365 e. The number of fused-ring (bicyclic) bond motifs is 1. The molecule has 1 saturated carbocycles. The van der Waals surface area contributed by atoms with Gasteiger partial charge in [-0.2, -0.15) is 9.29 Å². The van der Waals surface area contributed by atoms with Crippen LogP contribution in [-0.4, -0.2) is 72.1 Å². The summed E-state index contributed by atoms with van der Waals surface area (Å²) in [5, 5.41) is 3.57. The number of hydrogen-bond donors (Lipinski definition) is 1. The molecule has 13 heteroatoms. The van der Waals surface area contributed by atoms with Crippen LogP contribution in [0.5, 0.6) is 0 Å². The molecule has 1 aromatic carbocycles. The number of rotatable bonds is 11. The molecular formula is C27H35ClFN5O4SSi. The van der Waals surface area contributed by atoms with Gasteiger partial charge in [-0.1, -0.05) is 19.6 Å². The molecule has 0 bridgehead atoms. The number of nitrogens with zero attached hydrogens (tertiary/aromatic N) is 4. The highest BCUT2D eigenvalue weighted by atomic mass is 35.5. The zero-order chi connectivity index (χ0) is 28.7. The fourth-order valence-corrected chi connectivity index (χ4v) is 7.74. The molecule has 0 unspecified atom stereocenters. The van der Waals surface area contributed by atoms with Crippen LogP contribution in [0.3, 0.4) is 0 Å². The Morgan fingerprint density at radius 3 is 2.58 bits per heavy atom. The predicted octanol–water partition coefficient (Wildman–Crippen LogP) is 5.14. The van der Waals surface area contributed by atoms with Crippen molar-refractivity contribution in [2.75, 3.05) is 25.0 Å². The first-order chi connectivity index (χ1) is 18.9. The van der Waals surface area contributed by atoms with Crippen molar-refractivity contribution in [3.63, 3.8) is 0 Å². The van der Waals surface area contributed by atoms with Gasteiger partial charge >= 0.3 is 0 Å². The number of anilines is 1. The quantitative estimate of drug-likeness (QED) is 0.139. The van der Waals surface area contributed by atoms with Crippen LogP contribution in [0, 0.1) is 5.82 Å². The van der Waals surface area contributed by atoms with Crippen molar-refractivity contribution in [1.82, 2.24) is 18.8 Å². The molecule has 0 radical (unpaired) electrons. The first kappa shape index (κ1) is 29.1. The maximum absolute atomic E-state index is 13.7. The third-order valence-electron chi connectivity index (χ3n) is 7.30. The van der Waals surface area contributed by atoms with Gasteiger partial charge in [0.15, 0.2) is 5.78 Å². The molecular weight excluding hydrogens is 573 g/mol. The maximum atomic E-state index is 13.7. The predicted molar refractivity (Wildman–Crippen MR) is 157 cm³/mol. The van der Waals surface area contributed by atoms with Gasteiger partial charge in [-0.05, 0) is 67.6 Å². The van der Waals surface area contributed by atoms with Crippen molar-refractivity contribution < 1.29 is 22.3 Å². The zero-order valence-corrected chi connectivity index (χ0v) is 25.6. The summed E-state index contributed by atoms with van der Waals surface area (Å²) < 4.78 is 48.6. The van der Waals surface area contributed by atoms with Crippen LogP contribution in [0.4, 0.5) is 10.2 Å². The molecule has 3 aromatic rings. The van der Waals surface area contributed by atoms with Gasteiger partial charge in [-0.25, -0.2) is 17.8 Å². The van der Waals surface area contributed by atoms with E-state index in [4.69, 9.17) is 16.3 Å². The van der Waals surface area contributed by atoms with E-state index in [-0.39, 0.29) is 29.1 Å². The highest BCUT2D eigenvalue weighted by Crippen LogP contribution is 2.34. The van der Waals surface area contributed by atoms with E-state index in [0.29, 0.717) is 66.9 Å². The highest BCUT2D eigenvalue weighted by Gasteiger charge is 2.41. The Kier molecular flexibility index (Phi) is 8.36. The fourth-order valence-electron chi connectivity index (χ4n) is 4.89. The molecule has 40 heavy (non-hydrogen) atoms. The average Bonchev–Trinajstić information content (AvgIpc) is 3.69. The van der Waals surface area contributed by atoms with E-state index in [9.17, 15) is 17.6 Å². The number of hydrogen-bond acceptors (Lipinski definition) is 7. The number of carbonyl (C=O) groups is 1. The zero-order valence-electron chi connectivity index (χ0n) is 23.0. The lowest BCUT2D eigenvalue weighted by Crippen LogP contribution is -2.46. The number of aromatic nitrogens is 3. The van der Waals surface area contributed by atoms with E-state index in [1.165, 1.54) is 24.3 Å². The molecule has 0 amide bonds. The summed E-state index contributed by atoms with van der Waals surface area (Å²) in [5.41, 5.74) is 1.08. The summed E-state index contributed by atoms with van der Waals surface area (Å²) in [4.78, 5) is 22.5. The second-order valence-electron chi connectivity index (χ2n) is 11.8. The van der Waals surface area contributed by atoms with E-state index in [1.54, 1.807) is 15.1 Å². The fraction of sp³-hybridized carbons (Fsp3) is 0.519. The summed E-state index contributed by atoms with van der Waals surface area (Å²) >= 11 is 6.37. The van der Waals surface area contributed by atoms with Crippen LogP contribution in [0.15, 0.2) is 30.5 Å². The molecule has 2 aliphatic rings. The molecule has 2 aromatic heterocycles. The highest BCUT2D eigenvalue weighted by molar-refractivity contribution is 7.90. The standard InChI is InChI=1S/C27H35ClFN5O4SSi/c1-40(2,3)14-13-38-17-33-16-22(24(35)18-6-8-19(29)9-7-18)23-25(31-27(28)32-26(23)33)30-20-5-4-12-34(15-20)39(36,37)21-10-11-21/h6-9,16,20-21H,4-5,10-15,17H2,1-3H3,(H,30,31,32)/t20-/m1/s1. The van der Waals surface area contributed by atoms with Gasteiger partial charge in [0.25, 0.3) is 0 Å². The van der Waals surface area contributed by atoms with Crippen LogP contribution in [0.25, 0.3) is 11.0 Å². The lowest BCUT2D eigenvalue weighted by Gasteiger charge is -2.32. The van der Waals surface area contributed by atoms with Crippen molar-refractivity contribution in [1.29, 1.82) is 0 Å². The molecule has 2 fully saturated rings. The monoisotopic (exact) mass is 607 g/mol. The molecule has 1 saturated heterocycles. The Morgan fingerprint density at radius 1 is 1.18 bits per heavy atom. The van der Waals surface area contributed by atoms with Gasteiger partial charge in [-0.15, -0.1) is 0 Å². The second kappa shape index (κ2) is 11.5. The maximum Gasteiger partial charge on any atom is 0.226 e. The molecule has 1 N–H and O–H groups in total. The van der Waals surface area contributed by atoms with E-state index in [1.807, 2.05) is 0 Å². The SMILES string of the molecule is C[Si](C)(C)CCOCn1cc(C(=O)c2ccc(F)cc2)c2c(N[C@@H]3CCCN(S(=O)(=O)C4CC4)C3)nc(Cl)nc21. The molecule has 216 valence electrons. The summed E-state index contributed by atoms with van der Waals surface area (Å²) in [5.74, 6) is -0.395. The van der Waals surface area contributed by atoms with Crippen molar-refractivity contribution in [3.05, 3.63) is 52.7 Å². The third-order valence-corrected chi connectivity index (χ3v) is 11.5. The first-order valence-corrected chi connectivity index (χ1v) is 19.2. The number of piperidine rings is 1. The lowest BCUT2D eigenvalue weighted by molar-refractivity contribution is 0.0896. The number of halogens is 2. The smallest absolute Gasteiger partial charge is 0.226 e. The van der Waals surface area contributed by atoms with E-state index in [2.05, 4.69) is 34.9 Å². The van der Waals surface area contributed by atoms with Crippen LogP contribution >= 0.6 is 11.6 Å². The molecule has 3 heterocycles. The number of ketones is 1. The molecule has 1 aliphatic carbocycles. The lowest BCUT2D eigenvalue weighted by atomic mass is 10.0. The van der Waals surface area contributed by atoms with E-state index < -0.39 is 23.9 Å². The van der Waals surface area contributed by atoms with Crippen LogP contribution in [-0.2, 0) is 21.5 Å². The van der Waals surface area contributed by atoms with Gasteiger partial charge < -0.3 is 14.6 Å². The number of sulfonamides is 1. The Hall–Kier alpha value is -2.38. The average molecular weight is 608 g/mol. The Labute approximate surface area is 240 Å². The number of ether oxygens (including phenoxy) is 1. The van der Waals surface area contributed by atoms with Crippen LogP contribution in [0.2, 0.25) is 31.0 Å². The topological polar surface area (TPSA) is 106 Å². The number of benzene rings is 1. The normalized spacial score (nSPS) is 18.8. The summed E-state index contributed by atoms with van der Waals surface area (Å²) in [6.07, 6.45) is 4.54. The minimum absolute atomic E-state index is 0.00417. The minimum atomic E-state index is -3.31. The van der Waals surface area contributed by atoms with Gasteiger partial charge in [0.2, 0.25) is 15.3 Å². The minimum Gasteiger partial charge on any atom is -0.365 e. The van der Waals surface area contributed by atoms with Gasteiger partial charge in [-0.3, -0.25) is 4.79 Å². The van der Waals surface area contributed by atoms with Crippen molar-refractivity contribution >= 4 is 52.3 Å². The molecule has 0 spiro atoms. The van der Waals surface area contributed by atoms with Gasteiger partial charge in [0, 0.05) is 45.6 Å². The number of carbonyl (C=O) groups excluding carboxylic acids is 1. The van der Waals surface area contributed by atoms with Crippen molar-refractivity contribution in [2.45, 2.75) is 69.4 Å². The Balaban J connectivity index is 1.49. The third kappa shape index (κ3) is 6.57. The number of nitrogens with one attached hydrogen (secondary N) is 1. The molecule has 9 nitrogen and oxygen atoms in total. The molecule has 1 aliphatic heterocycles. The van der Waals surface area contributed by atoms with Gasteiger partial charge in [0.1, 0.15) is 24.0 Å². The first-order valence-electron chi connectivity index (χ1n) is 13.6.